The first-order valence-electron chi connectivity index (χ1n) is 8.90. The fourth-order valence-electron chi connectivity index (χ4n) is 2.28. The zero-order valence-electron chi connectivity index (χ0n) is 15.9. The number of carbonyl (C=O) groups excluding carboxylic acids is 2. The lowest BCUT2D eigenvalue weighted by atomic mass is 9.89. The minimum atomic E-state index is -0.833. The van der Waals surface area contributed by atoms with Gasteiger partial charge in [-0.25, -0.2) is 4.79 Å². The van der Waals surface area contributed by atoms with Gasteiger partial charge in [0.15, 0.2) is 0 Å². The average Bonchev–Trinajstić information content (AvgIpc) is 2.52. The quantitative estimate of drug-likeness (QED) is 0.557. The number of carboxylic acids is 1. The second-order valence-corrected chi connectivity index (χ2v) is 7.28. The molecular formula is C18H33NO6. The lowest BCUT2D eigenvalue weighted by Gasteiger charge is -2.21. The Morgan fingerprint density at radius 3 is 2.08 bits per heavy atom. The van der Waals surface area contributed by atoms with Gasteiger partial charge in [-0.2, -0.15) is 0 Å². The number of carboxylic acid groups (broad SMARTS) is 1. The van der Waals surface area contributed by atoms with Crippen molar-refractivity contribution in [1.82, 2.24) is 5.32 Å². The topological polar surface area (TPSA) is 102 Å². The number of carbonyl (C=O) groups is 3. The molecule has 0 aliphatic heterocycles. The molecular weight excluding hydrogens is 326 g/mol. The van der Waals surface area contributed by atoms with E-state index >= 15 is 0 Å². The van der Waals surface area contributed by atoms with Gasteiger partial charge in [-0.1, -0.05) is 19.3 Å². The maximum absolute atomic E-state index is 11.5. The summed E-state index contributed by atoms with van der Waals surface area (Å²) in [5.74, 6) is -0.469. The number of esters is 1. The maximum atomic E-state index is 11.5. The Balaban J connectivity index is 0.00000129. The van der Waals surface area contributed by atoms with Crippen LogP contribution in [0.3, 0.4) is 0 Å². The van der Waals surface area contributed by atoms with E-state index in [9.17, 15) is 9.59 Å². The lowest BCUT2D eigenvalue weighted by molar-refractivity contribution is -0.153. The van der Waals surface area contributed by atoms with Gasteiger partial charge in [0.2, 0.25) is 0 Å². The molecule has 1 aliphatic rings. The van der Waals surface area contributed by atoms with E-state index in [4.69, 9.17) is 19.4 Å². The van der Waals surface area contributed by atoms with Crippen LogP contribution in [0, 0.1) is 11.3 Å². The summed E-state index contributed by atoms with van der Waals surface area (Å²) in [7, 11) is 0. The van der Waals surface area contributed by atoms with Crippen molar-refractivity contribution in [3.8, 4) is 0 Å². The highest BCUT2D eigenvalue weighted by Gasteiger charge is 2.22. The van der Waals surface area contributed by atoms with Gasteiger partial charge in [0.25, 0.3) is 5.97 Å². The molecule has 146 valence electrons. The fourth-order valence-corrected chi connectivity index (χ4v) is 2.28. The largest absolute Gasteiger partial charge is 0.481 e. The molecule has 7 nitrogen and oxygen atoms in total. The van der Waals surface area contributed by atoms with Gasteiger partial charge in [-0.15, -0.1) is 0 Å². The number of amides is 1. The van der Waals surface area contributed by atoms with Gasteiger partial charge < -0.3 is 19.9 Å². The normalized spacial score (nSPS) is 14.7. The molecule has 25 heavy (non-hydrogen) atoms. The van der Waals surface area contributed by atoms with E-state index in [1.165, 1.54) is 32.1 Å². The Labute approximate surface area is 150 Å². The van der Waals surface area contributed by atoms with Crippen molar-refractivity contribution in [3.05, 3.63) is 0 Å². The Morgan fingerprint density at radius 1 is 1.04 bits per heavy atom. The Hall–Kier alpha value is -1.79. The molecule has 0 atom stereocenters. The van der Waals surface area contributed by atoms with Crippen molar-refractivity contribution in [2.24, 2.45) is 11.3 Å². The first-order valence-corrected chi connectivity index (χ1v) is 8.90. The van der Waals surface area contributed by atoms with Crippen LogP contribution < -0.4 is 5.32 Å². The standard InChI is InChI=1S/C16H29NO4.C2H4O2/c1-16(2,3)14(18)20-10-7-11-21-15(19)17-12-13-8-5-4-6-9-13;1-2(3)4/h13H,4-12H2,1-3H3,(H,17,19);1H3,(H,3,4). The van der Waals surface area contributed by atoms with Crippen molar-refractivity contribution in [1.29, 1.82) is 0 Å². The van der Waals surface area contributed by atoms with Crippen molar-refractivity contribution in [3.63, 3.8) is 0 Å². The molecule has 1 saturated carbocycles. The first kappa shape index (κ1) is 23.2. The number of aliphatic carboxylic acids is 1. The Kier molecular flexibility index (Phi) is 11.7. The summed E-state index contributed by atoms with van der Waals surface area (Å²) in [6.45, 7) is 7.78. The zero-order valence-corrected chi connectivity index (χ0v) is 15.9. The SMILES string of the molecule is CC(=O)O.CC(C)(C)C(=O)OCCCOC(=O)NCC1CCCCC1. The Morgan fingerprint density at radius 2 is 1.56 bits per heavy atom. The molecule has 2 N–H and O–H groups in total. The average molecular weight is 359 g/mol. The third kappa shape index (κ3) is 14.3. The van der Waals surface area contributed by atoms with Crippen LogP contribution in [0.2, 0.25) is 0 Å². The highest BCUT2D eigenvalue weighted by Crippen LogP contribution is 2.22. The second-order valence-electron chi connectivity index (χ2n) is 7.28. The molecule has 1 rings (SSSR count). The summed E-state index contributed by atoms with van der Waals surface area (Å²) in [6.07, 6.45) is 6.39. The van der Waals surface area contributed by atoms with Crippen LogP contribution in [0.15, 0.2) is 0 Å². The van der Waals surface area contributed by atoms with Crippen LogP contribution in [-0.4, -0.2) is 42.9 Å². The van der Waals surface area contributed by atoms with Crippen molar-refractivity contribution in [2.45, 2.75) is 66.2 Å². The maximum Gasteiger partial charge on any atom is 0.407 e. The number of ether oxygens (including phenoxy) is 2. The molecule has 7 heteroatoms. The monoisotopic (exact) mass is 359 g/mol. The summed E-state index contributed by atoms with van der Waals surface area (Å²) in [6, 6.07) is 0. The van der Waals surface area contributed by atoms with Crippen molar-refractivity contribution >= 4 is 18.0 Å². The molecule has 1 amide bonds. The fraction of sp³-hybridized carbons (Fsp3) is 0.833. The highest BCUT2D eigenvalue weighted by molar-refractivity contribution is 5.75. The number of hydrogen-bond donors (Lipinski definition) is 2. The van der Waals surface area contributed by atoms with Crippen LogP contribution in [-0.2, 0) is 19.1 Å². The molecule has 0 radical (unpaired) electrons. The van der Waals surface area contributed by atoms with Crippen molar-refractivity contribution < 1.29 is 29.0 Å². The van der Waals surface area contributed by atoms with Crippen LogP contribution >= 0.6 is 0 Å². The Bertz CT molecular complexity index is 406. The van der Waals surface area contributed by atoms with Gasteiger partial charge in [-0.05, 0) is 39.5 Å². The number of hydrogen-bond acceptors (Lipinski definition) is 5. The molecule has 0 aromatic carbocycles. The van der Waals surface area contributed by atoms with E-state index in [-0.39, 0.29) is 25.3 Å². The number of alkyl carbamates (subject to hydrolysis) is 1. The minimum absolute atomic E-state index is 0.232. The first-order chi connectivity index (χ1) is 11.6. The molecule has 0 bridgehead atoms. The number of nitrogens with one attached hydrogen (secondary N) is 1. The predicted octanol–water partition coefficient (Wildman–Crippen LogP) is 3.36. The third-order valence-electron chi connectivity index (χ3n) is 3.63. The number of rotatable bonds is 6. The summed E-state index contributed by atoms with van der Waals surface area (Å²) in [5.41, 5.74) is -0.488. The molecule has 0 aromatic heterocycles. The van der Waals surface area contributed by atoms with E-state index < -0.39 is 11.4 Å². The van der Waals surface area contributed by atoms with Gasteiger partial charge in [0.05, 0.1) is 18.6 Å². The summed E-state index contributed by atoms with van der Waals surface area (Å²) < 4.78 is 10.2. The highest BCUT2D eigenvalue weighted by atomic mass is 16.6. The molecule has 0 aromatic rings. The van der Waals surface area contributed by atoms with E-state index in [1.54, 1.807) is 0 Å². The molecule has 0 unspecified atom stereocenters. The summed E-state index contributed by atoms with van der Waals surface area (Å²) >= 11 is 0. The summed E-state index contributed by atoms with van der Waals surface area (Å²) in [5, 5.41) is 10.2. The van der Waals surface area contributed by atoms with Gasteiger partial charge in [-0.3, -0.25) is 9.59 Å². The van der Waals surface area contributed by atoms with E-state index in [2.05, 4.69) is 5.32 Å². The van der Waals surface area contributed by atoms with Gasteiger partial charge >= 0.3 is 12.1 Å². The molecule has 0 saturated heterocycles. The van der Waals surface area contributed by atoms with E-state index in [1.807, 2.05) is 20.8 Å². The third-order valence-corrected chi connectivity index (χ3v) is 3.63. The molecule has 0 spiro atoms. The lowest BCUT2D eigenvalue weighted by Crippen LogP contribution is -2.31. The van der Waals surface area contributed by atoms with Gasteiger partial charge in [0.1, 0.15) is 0 Å². The zero-order chi connectivity index (χ0) is 19.3. The van der Waals surface area contributed by atoms with Crippen molar-refractivity contribution in [2.75, 3.05) is 19.8 Å². The minimum Gasteiger partial charge on any atom is -0.481 e. The van der Waals surface area contributed by atoms with Gasteiger partial charge in [0, 0.05) is 19.9 Å². The van der Waals surface area contributed by atoms with Crippen LogP contribution in [0.25, 0.3) is 0 Å². The van der Waals surface area contributed by atoms with E-state index in [0.717, 1.165) is 6.92 Å². The molecule has 1 aliphatic carbocycles. The predicted molar refractivity (Wildman–Crippen MR) is 94.3 cm³/mol. The van der Waals surface area contributed by atoms with E-state index in [0.29, 0.717) is 18.9 Å². The molecule has 0 heterocycles. The van der Waals surface area contributed by atoms with Crippen LogP contribution in [0.1, 0.15) is 66.2 Å². The smallest absolute Gasteiger partial charge is 0.407 e. The summed E-state index contributed by atoms with van der Waals surface area (Å²) in [4.78, 5) is 32.0. The van der Waals surface area contributed by atoms with Crippen LogP contribution in [0.5, 0.6) is 0 Å². The molecule has 1 fully saturated rings. The van der Waals surface area contributed by atoms with Crippen LogP contribution in [0.4, 0.5) is 4.79 Å². The second kappa shape index (κ2) is 12.6.